The van der Waals surface area contributed by atoms with E-state index in [0.717, 1.165) is 18.5 Å². The van der Waals surface area contributed by atoms with Crippen LogP contribution in [0.25, 0.3) is 0 Å². The fourth-order valence-electron chi connectivity index (χ4n) is 2.61. The van der Waals surface area contributed by atoms with Gasteiger partial charge >= 0.3 is 5.97 Å². The fourth-order valence-corrected chi connectivity index (χ4v) is 3.24. The summed E-state index contributed by atoms with van der Waals surface area (Å²) in [4.78, 5) is 27.3. The lowest BCUT2D eigenvalue weighted by atomic mass is 10.2. The smallest absolute Gasteiger partial charge is 0.320 e. The topological polar surface area (TPSA) is 60.9 Å². The first-order chi connectivity index (χ1) is 9.63. The quantitative estimate of drug-likeness (QED) is 0.919. The minimum absolute atomic E-state index is 0.0523. The standard InChI is InChI=1S/C14H20N2O3S/c1-2-12(14(18)19)15-5-3-6-16(8-7-15)13(17)11-4-9-20-10-11/h4,9-10,12H,2-3,5-8H2,1H3,(H,18,19)/t12-/m0/s1. The van der Waals surface area contributed by atoms with Crippen molar-refractivity contribution in [1.82, 2.24) is 9.80 Å². The Hall–Kier alpha value is -1.40. The predicted molar refractivity (Wildman–Crippen MR) is 78.1 cm³/mol. The van der Waals surface area contributed by atoms with Crippen LogP contribution in [0.3, 0.4) is 0 Å². The van der Waals surface area contributed by atoms with Gasteiger partial charge in [0.15, 0.2) is 0 Å². The summed E-state index contributed by atoms with van der Waals surface area (Å²) in [5.41, 5.74) is 0.730. The van der Waals surface area contributed by atoms with E-state index in [-0.39, 0.29) is 5.91 Å². The number of carboxylic acids is 1. The van der Waals surface area contributed by atoms with Crippen LogP contribution in [0.4, 0.5) is 0 Å². The van der Waals surface area contributed by atoms with E-state index >= 15 is 0 Å². The molecule has 5 nitrogen and oxygen atoms in total. The van der Waals surface area contributed by atoms with Crippen molar-refractivity contribution in [1.29, 1.82) is 0 Å². The summed E-state index contributed by atoms with van der Waals surface area (Å²) in [6.45, 7) is 4.54. The van der Waals surface area contributed by atoms with Gasteiger partial charge in [-0.05, 0) is 24.3 Å². The first-order valence-corrected chi connectivity index (χ1v) is 7.86. The zero-order valence-corrected chi connectivity index (χ0v) is 12.4. The zero-order chi connectivity index (χ0) is 14.5. The minimum Gasteiger partial charge on any atom is -0.480 e. The number of thiophene rings is 1. The molecule has 6 heteroatoms. The van der Waals surface area contributed by atoms with Crippen LogP contribution in [0.1, 0.15) is 30.1 Å². The molecule has 2 rings (SSSR count). The highest BCUT2D eigenvalue weighted by molar-refractivity contribution is 7.08. The van der Waals surface area contributed by atoms with E-state index in [4.69, 9.17) is 0 Å². The van der Waals surface area contributed by atoms with Gasteiger partial charge in [-0.25, -0.2) is 0 Å². The second kappa shape index (κ2) is 6.85. The summed E-state index contributed by atoms with van der Waals surface area (Å²) in [7, 11) is 0. The van der Waals surface area contributed by atoms with Crippen LogP contribution in [-0.2, 0) is 4.79 Å². The number of carboxylic acid groups (broad SMARTS) is 1. The number of hydrogen-bond donors (Lipinski definition) is 1. The van der Waals surface area contributed by atoms with Crippen LogP contribution >= 0.6 is 11.3 Å². The van der Waals surface area contributed by atoms with Gasteiger partial charge in [0, 0.05) is 31.6 Å². The second-order valence-electron chi connectivity index (χ2n) is 4.96. The van der Waals surface area contributed by atoms with Crippen molar-refractivity contribution in [2.45, 2.75) is 25.8 Å². The molecule has 1 fully saturated rings. The summed E-state index contributed by atoms with van der Waals surface area (Å²) >= 11 is 1.51. The Morgan fingerprint density at radius 3 is 2.75 bits per heavy atom. The van der Waals surface area contributed by atoms with Crippen molar-refractivity contribution >= 4 is 23.2 Å². The number of hydrogen-bond acceptors (Lipinski definition) is 4. The first-order valence-electron chi connectivity index (χ1n) is 6.91. The lowest BCUT2D eigenvalue weighted by Crippen LogP contribution is -2.43. The molecule has 1 aromatic rings. The summed E-state index contributed by atoms with van der Waals surface area (Å²) in [5, 5.41) is 13.0. The highest BCUT2D eigenvalue weighted by atomic mass is 32.1. The lowest BCUT2D eigenvalue weighted by molar-refractivity contribution is -0.143. The average Bonchev–Trinajstić information content (AvgIpc) is 2.85. The Balaban J connectivity index is 1.98. The van der Waals surface area contributed by atoms with Crippen LogP contribution in [0.5, 0.6) is 0 Å². The van der Waals surface area contributed by atoms with Crippen molar-refractivity contribution in [2.24, 2.45) is 0 Å². The summed E-state index contributed by atoms with van der Waals surface area (Å²) in [6.07, 6.45) is 1.41. The third kappa shape index (κ3) is 3.37. The molecule has 1 N–H and O–H groups in total. The summed E-state index contributed by atoms with van der Waals surface area (Å²) < 4.78 is 0. The highest BCUT2D eigenvalue weighted by Crippen LogP contribution is 2.14. The van der Waals surface area contributed by atoms with E-state index in [1.54, 1.807) is 0 Å². The van der Waals surface area contributed by atoms with Crippen LogP contribution in [0.2, 0.25) is 0 Å². The van der Waals surface area contributed by atoms with Crippen LogP contribution in [0, 0.1) is 0 Å². The number of carbonyl (C=O) groups excluding carboxylic acids is 1. The lowest BCUT2D eigenvalue weighted by Gasteiger charge is -2.26. The largest absolute Gasteiger partial charge is 0.480 e. The normalized spacial score (nSPS) is 18.6. The maximum atomic E-state index is 12.3. The van der Waals surface area contributed by atoms with Gasteiger partial charge in [-0.2, -0.15) is 11.3 Å². The third-order valence-electron chi connectivity index (χ3n) is 3.70. The summed E-state index contributed by atoms with van der Waals surface area (Å²) in [6, 6.07) is 1.40. The number of carbonyl (C=O) groups is 2. The third-order valence-corrected chi connectivity index (χ3v) is 4.38. The number of aliphatic carboxylic acids is 1. The van der Waals surface area contributed by atoms with Crippen LogP contribution in [0.15, 0.2) is 16.8 Å². The molecule has 1 atom stereocenters. The van der Waals surface area contributed by atoms with Gasteiger partial charge in [-0.1, -0.05) is 6.92 Å². The molecule has 110 valence electrons. The molecule has 1 aliphatic rings. The van der Waals surface area contributed by atoms with E-state index < -0.39 is 12.0 Å². The van der Waals surface area contributed by atoms with Crippen LogP contribution < -0.4 is 0 Å². The molecule has 0 radical (unpaired) electrons. The van der Waals surface area contributed by atoms with E-state index in [1.165, 1.54) is 11.3 Å². The number of rotatable bonds is 4. The SMILES string of the molecule is CC[C@@H](C(=O)O)N1CCCN(C(=O)c2ccsc2)CC1. The van der Waals surface area contributed by atoms with Crippen molar-refractivity contribution in [3.8, 4) is 0 Å². The second-order valence-corrected chi connectivity index (χ2v) is 5.74. The monoisotopic (exact) mass is 296 g/mol. The Morgan fingerprint density at radius 2 is 2.15 bits per heavy atom. The van der Waals surface area contributed by atoms with Gasteiger partial charge in [0.25, 0.3) is 5.91 Å². The van der Waals surface area contributed by atoms with Gasteiger partial charge in [-0.15, -0.1) is 0 Å². The molecular weight excluding hydrogens is 276 g/mol. The Morgan fingerprint density at radius 1 is 1.35 bits per heavy atom. The zero-order valence-electron chi connectivity index (χ0n) is 11.6. The molecule has 0 spiro atoms. The molecule has 0 aliphatic carbocycles. The molecular formula is C14H20N2O3S. The van der Waals surface area contributed by atoms with Crippen molar-refractivity contribution < 1.29 is 14.7 Å². The molecule has 1 aromatic heterocycles. The molecule has 0 bridgehead atoms. The molecule has 0 saturated carbocycles. The molecule has 1 saturated heterocycles. The molecule has 0 unspecified atom stereocenters. The van der Waals surface area contributed by atoms with E-state index in [0.29, 0.717) is 26.1 Å². The summed E-state index contributed by atoms with van der Waals surface area (Å²) in [5.74, 6) is -0.721. The first kappa shape index (κ1) is 15.0. The maximum Gasteiger partial charge on any atom is 0.320 e. The van der Waals surface area contributed by atoms with Gasteiger partial charge in [0.1, 0.15) is 6.04 Å². The Kier molecular flexibility index (Phi) is 5.14. The van der Waals surface area contributed by atoms with Crippen molar-refractivity contribution in [3.63, 3.8) is 0 Å². The predicted octanol–water partition coefficient (Wildman–Crippen LogP) is 1.76. The highest BCUT2D eigenvalue weighted by Gasteiger charge is 2.27. The Labute approximate surface area is 122 Å². The van der Waals surface area contributed by atoms with Crippen molar-refractivity contribution in [3.05, 3.63) is 22.4 Å². The molecule has 0 aromatic carbocycles. The fraction of sp³-hybridized carbons (Fsp3) is 0.571. The van der Waals surface area contributed by atoms with Crippen molar-refractivity contribution in [2.75, 3.05) is 26.2 Å². The molecule has 20 heavy (non-hydrogen) atoms. The van der Waals surface area contributed by atoms with Crippen LogP contribution in [-0.4, -0.2) is 59.0 Å². The van der Waals surface area contributed by atoms with Gasteiger partial charge in [0.2, 0.25) is 0 Å². The Bertz CT molecular complexity index is 461. The average molecular weight is 296 g/mol. The van der Waals surface area contributed by atoms with E-state index in [1.807, 2.05) is 33.6 Å². The number of amides is 1. The van der Waals surface area contributed by atoms with Gasteiger partial charge in [0.05, 0.1) is 5.56 Å². The van der Waals surface area contributed by atoms with E-state index in [2.05, 4.69) is 0 Å². The molecule has 2 heterocycles. The minimum atomic E-state index is -0.773. The van der Waals surface area contributed by atoms with Gasteiger partial charge in [-0.3, -0.25) is 14.5 Å². The molecule has 1 aliphatic heterocycles. The number of nitrogens with zero attached hydrogens (tertiary/aromatic N) is 2. The van der Waals surface area contributed by atoms with Gasteiger partial charge < -0.3 is 10.0 Å². The molecule has 1 amide bonds. The van der Waals surface area contributed by atoms with E-state index in [9.17, 15) is 14.7 Å². The maximum absolute atomic E-state index is 12.3.